The molecule has 0 fully saturated rings. The molecule has 0 aliphatic rings. The molecule has 0 radical (unpaired) electrons. The molecule has 0 heterocycles. The Morgan fingerprint density at radius 2 is 1.86 bits per heavy atom. The van der Waals surface area contributed by atoms with Gasteiger partial charge < -0.3 is 10.1 Å². The van der Waals surface area contributed by atoms with E-state index < -0.39 is 52.3 Å². The second-order valence-corrected chi connectivity index (χ2v) is 5.57. The van der Waals surface area contributed by atoms with Crippen LogP contribution in [0.5, 0.6) is 0 Å². The molecular formula is C17H12F4N2O5. The van der Waals surface area contributed by atoms with Crippen LogP contribution in [-0.2, 0) is 15.7 Å². The molecular weight excluding hydrogens is 388 g/mol. The number of nitro benzene ring substituents is 1. The Bertz CT molecular complexity index is 944. The molecule has 2 rings (SSSR count). The van der Waals surface area contributed by atoms with Crippen LogP contribution in [0.3, 0.4) is 0 Å². The lowest BCUT2D eigenvalue weighted by Gasteiger charge is -2.13. The smallest absolute Gasteiger partial charge is 0.418 e. The predicted molar refractivity (Wildman–Crippen MR) is 88.1 cm³/mol. The number of carbonyl (C=O) groups excluding carboxylic acids is 2. The number of rotatable bonds is 5. The Hall–Kier alpha value is -3.50. The van der Waals surface area contributed by atoms with E-state index in [0.29, 0.717) is 0 Å². The Morgan fingerprint density at radius 3 is 2.43 bits per heavy atom. The number of esters is 1. The Kier molecular flexibility index (Phi) is 5.96. The lowest BCUT2D eigenvalue weighted by molar-refractivity contribution is -0.385. The second-order valence-electron chi connectivity index (χ2n) is 5.57. The molecule has 2 aromatic rings. The van der Waals surface area contributed by atoms with E-state index in [9.17, 15) is 37.3 Å². The summed E-state index contributed by atoms with van der Waals surface area (Å²) in [6.07, 6.45) is -4.97. The zero-order chi connectivity index (χ0) is 21.1. The lowest BCUT2D eigenvalue weighted by Crippen LogP contribution is -2.23. The van der Waals surface area contributed by atoms with Crippen molar-refractivity contribution < 1.29 is 36.8 Å². The summed E-state index contributed by atoms with van der Waals surface area (Å²) in [5, 5.41) is 12.5. The van der Waals surface area contributed by atoms with Gasteiger partial charge in [0.25, 0.3) is 11.6 Å². The number of amides is 1. The third-order valence-electron chi connectivity index (χ3n) is 3.54. The largest absolute Gasteiger partial charge is 0.452 e. The van der Waals surface area contributed by atoms with Gasteiger partial charge >= 0.3 is 12.1 Å². The number of non-ortho nitro benzene ring substituents is 1. The monoisotopic (exact) mass is 400 g/mol. The molecule has 0 saturated heterocycles. The van der Waals surface area contributed by atoms with Crippen molar-refractivity contribution in [2.75, 3.05) is 11.9 Å². The first-order valence-corrected chi connectivity index (χ1v) is 7.58. The van der Waals surface area contributed by atoms with Gasteiger partial charge in [-0.1, -0.05) is 6.07 Å². The molecule has 0 aliphatic carbocycles. The van der Waals surface area contributed by atoms with Crippen LogP contribution in [0, 0.1) is 22.9 Å². The zero-order valence-corrected chi connectivity index (χ0v) is 14.2. The van der Waals surface area contributed by atoms with Crippen molar-refractivity contribution in [1.82, 2.24) is 0 Å². The van der Waals surface area contributed by atoms with E-state index in [1.807, 2.05) is 5.32 Å². The van der Waals surface area contributed by atoms with Crippen molar-refractivity contribution >= 4 is 23.3 Å². The Morgan fingerprint density at radius 1 is 1.18 bits per heavy atom. The van der Waals surface area contributed by atoms with E-state index in [1.54, 1.807) is 0 Å². The number of carbonyl (C=O) groups is 2. The first-order valence-electron chi connectivity index (χ1n) is 7.58. The molecule has 1 amide bonds. The quantitative estimate of drug-likeness (QED) is 0.356. The van der Waals surface area contributed by atoms with Gasteiger partial charge in [-0.15, -0.1) is 0 Å². The van der Waals surface area contributed by atoms with E-state index in [1.165, 1.54) is 19.1 Å². The summed E-state index contributed by atoms with van der Waals surface area (Å²) in [6, 6.07) is 5.25. The van der Waals surface area contributed by atoms with E-state index in [0.717, 1.165) is 18.2 Å². The van der Waals surface area contributed by atoms with Crippen LogP contribution in [0.1, 0.15) is 21.5 Å². The summed E-state index contributed by atoms with van der Waals surface area (Å²) >= 11 is 0. The summed E-state index contributed by atoms with van der Waals surface area (Å²) in [6.45, 7) is 0.531. The SMILES string of the molecule is Cc1ccc(C(=O)OCC(=O)Nc2ccc([N+](=O)[O-])cc2C(F)(F)F)cc1F. The van der Waals surface area contributed by atoms with Gasteiger partial charge in [-0.2, -0.15) is 13.2 Å². The fourth-order valence-electron chi connectivity index (χ4n) is 2.11. The van der Waals surface area contributed by atoms with Crippen molar-refractivity contribution in [2.24, 2.45) is 0 Å². The van der Waals surface area contributed by atoms with Gasteiger partial charge in [0.05, 0.1) is 21.7 Å². The van der Waals surface area contributed by atoms with Crippen LogP contribution in [0.4, 0.5) is 28.9 Å². The number of nitrogens with zero attached hydrogens (tertiary/aromatic N) is 1. The standard InChI is InChI=1S/C17H12F4N2O5/c1-9-2-3-10(6-13(9)18)16(25)28-8-15(24)22-14-5-4-11(23(26)27)7-12(14)17(19,20)21/h2-7H,8H2,1H3,(H,22,24). The first-order chi connectivity index (χ1) is 13.0. The van der Waals surface area contributed by atoms with Crippen LogP contribution in [-0.4, -0.2) is 23.4 Å². The number of alkyl halides is 3. The molecule has 0 atom stereocenters. The average Bonchev–Trinajstić information content (AvgIpc) is 2.61. The van der Waals surface area contributed by atoms with Crippen molar-refractivity contribution in [2.45, 2.75) is 13.1 Å². The number of halogens is 4. The highest BCUT2D eigenvalue weighted by atomic mass is 19.4. The summed E-state index contributed by atoms with van der Waals surface area (Å²) < 4.78 is 57.2. The molecule has 28 heavy (non-hydrogen) atoms. The number of hydrogen-bond acceptors (Lipinski definition) is 5. The zero-order valence-electron chi connectivity index (χ0n) is 14.2. The number of hydrogen-bond donors (Lipinski definition) is 1. The van der Waals surface area contributed by atoms with Crippen LogP contribution in [0.2, 0.25) is 0 Å². The Labute approximate surface area is 155 Å². The normalized spacial score (nSPS) is 11.0. The number of aryl methyl sites for hydroxylation is 1. The van der Waals surface area contributed by atoms with Crippen LogP contribution < -0.4 is 5.32 Å². The predicted octanol–water partition coefficient (Wildman–Crippen LogP) is 3.86. The molecule has 0 aromatic heterocycles. The number of ether oxygens (including phenoxy) is 1. The molecule has 0 bridgehead atoms. The molecule has 1 N–H and O–H groups in total. The molecule has 7 nitrogen and oxygen atoms in total. The molecule has 0 saturated carbocycles. The summed E-state index contributed by atoms with van der Waals surface area (Å²) in [5.41, 5.74) is -2.87. The maximum Gasteiger partial charge on any atom is 0.418 e. The van der Waals surface area contributed by atoms with Gasteiger partial charge in [0.1, 0.15) is 5.82 Å². The van der Waals surface area contributed by atoms with Crippen molar-refractivity contribution in [3.8, 4) is 0 Å². The minimum absolute atomic E-state index is 0.179. The second kappa shape index (κ2) is 8.03. The lowest BCUT2D eigenvalue weighted by atomic mass is 10.1. The maximum atomic E-state index is 13.4. The van der Waals surface area contributed by atoms with Gasteiger partial charge in [0.2, 0.25) is 0 Å². The summed E-state index contributed by atoms with van der Waals surface area (Å²) in [7, 11) is 0. The molecule has 0 aliphatic heterocycles. The minimum atomic E-state index is -4.97. The summed E-state index contributed by atoms with van der Waals surface area (Å²) in [4.78, 5) is 33.2. The van der Waals surface area contributed by atoms with Crippen molar-refractivity contribution in [3.63, 3.8) is 0 Å². The van der Waals surface area contributed by atoms with Crippen molar-refractivity contribution in [3.05, 3.63) is 69.0 Å². The maximum absolute atomic E-state index is 13.4. The average molecular weight is 400 g/mol. The third-order valence-corrected chi connectivity index (χ3v) is 3.54. The highest BCUT2D eigenvalue weighted by Crippen LogP contribution is 2.37. The molecule has 0 spiro atoms. The van der Waals surface area contributed by atoms with E-state index >= 15 is 0 Å². The Balaban J connectivity index is 2.09. The van der Waals surface area contributed by atoms with Crippen LogP contribution in [0.15, 0.2) is 36.4 Å². The van der Waals surface area contributed by atoms with Gasteiger partial charge in [0.15, 0.2) is 6.61 Å². The highest BCUT2D eigenvalue weighted by molar-refractivity contribution is 5.96. The topological polar surface area (TPSA) is 98.5 Å². The number of anilines is 1. The number of nitrogens with one attached hydrogen (secondary N) is 1. The molecule has 2 aromatic carbocycles. The van der Waals surface area contributed by atoms with E-state index in [-0.39, 0.29) is 17.2 Å². The third kappa shape index (κ3) is 5.02. The van der Waals surface area contributed by atoms with Crippen molar-refractivity contribution in [1.29, 1.82) is 0 Å². The number of benzene rings is 2. The summed E-state index contributed by atoms with van der Waals surface area (Å²) in [5.74, 6) is -2.83. The van der Waals surface area contributed by atoms with E-state index in [4.69, 9.17) is 0 Å². The first kappa shape index (κ1) is 20.8. The van der Waals surface area contributed by atoms with Crippen LogP contribution >= 0.6 is 0 Å². The fourth-order valence-corrected chi connectivity index (χ4v) is 2.11. The molecule has 0 unspecified atom stereocenters. The number of nitro groups is 1. The minimum Gasteiger partial charge on any atom is -0.452 e. The highest BCUT2D eigenvalue weighted by Gasteiger charge is 2.35. The van der Waals surface area contributed by atoms with Crippen LogP contribution in [0.25, 0.3) is 0 Å². The van der Waals surface area contributed by atoms with Gasteiger partial charge in [0, 0.05) is 12.1 Å². The van der Waals surface area contributed by atoms with E-state index in [2.05, 4.69) is 4.74 Å². The fraction of sp³-hybridized carbons (Fsp3) is 0.176. The molecule has 148 valence electrons. The van der Waals surface area contributed by atoms with Gasteiger partial charge in [-0.05, 0) is 30.7 Å². The van der Waals surface area contributed by atoms with Gasteiger partial charge in [-0.25, -0.2) is 9.18 Å². The van der Waals surface area contributed by atoms with Gasteiger partial charge in [-0.3, -0.25) is 14.9 Å². The molecule has 11 heteroatoms.